The Morgan fingerprint density at radius 2 is 1.74 bits per heavy atom. The van der Waals surface area contributed by atoms with Crippen molar-refractivity contribution >= 4 is 39.1 Å². The van der Waals surface area contributed by atoms with Crippen molar-refractivity contribution in [3.63, 3.8) is 0 Å². The molecule has 2 aromatic heterocycles. The SMILES string of the molecule is Clc1cccc2c(CN3CCN(c4nccc5ccccc45)CC3)n[nH]c12. The highest BCUT2D eigenvalue weighted by Gasteiger charge is 2.21. The molecule has 1 aliphatic rings. The fourth-order valence-corrected chi connectivity index (χ4v) is 4.08. The van der Waals surface area contributed by atoms with Crippen LogP contribution in [0.15, 0.2) is 54.7 Å². The molecule has 1 saturated heterocycles. The zero-order chi connectivity index (χ0) is 18.2. The summed E-state index contributed by atoms with van der Waals surface area (Å²) in [6.45, 7) is 4.73. The molecule has 6 heteroatoms. The van der Waals surface area contributed by atoms with E-state index in [9.17, 15) is 0 Å². The number of halogens is 1. The summed E-state index contributed by atoms with van der Waals surface area (Å²) in [6, 6.07) is 16.5. The van der Waals surface area contributed by atoms with Gasteiger partial charge < -0.3 is 4.90 Å². The van der Waals surface area contributed by atoms with Gasteiger partial charge in [-0.05, 0) is 17.5 Å². The molecule has 27 heavy (non-hydrogen) atoms. The van der Waals surface area contributed by atoms with E-state index in [0.717, 1.165) is 60.2 Å². The summed E-state index contributed by atoms with van der Waals surface area (Å²) in [5, 5.41) is 11.9. The fourth-order valence-electron chi connectivity index (χ4n) is 3.87. The Balaban J connectivity index is 1.32. The van der Waals surface area contributed by atoms with E-state index in [-0.39, 0.29) is 0 Å². The van der Waals surface area contributed by atoms with Crippen LogP contribution in [0, 0.1) is 0 Å². The second-order valence-electron chi connectivity index (χ2n) is 6.95. The highest BCUT2D eigenvalue weighted by molar-refractivity contribution is 6.35. The number of hydrogen-bond acceptors (Lipinski definition) is 4. The van der Waals surface area contributed by atoms with Gasteiger partial charge in [0.2, 0.25) is 0 Å². The van der Waals surface area contributed by atoms with E-state index in [4.69, 9.17) is 11.6 Å². The van der Waals surface area contributed by atoms with Crippen molar-refractivity contribution in [2.75, 3.05) is 31.1 Å². The van der Waals surface area contributed by atoms with Crippen LogP contribution in [-0.4, -0.2) is 46.3 Å². The fraction of sp³-hybridized carbons (Fsp3) is 0.238. The van der Waals surface area contributed by atoms with Gasteiger partial charge in [0.15, 0.2) is 0 Å². The summed E-state index contributed by atoms with van der Waals surface area (Å²) in [7, 11) is 0. The van der Waals surface area contributed by atoms with E-state index in [0.29, 0.717) is 0 Å². The summed E-state index contributed by atoms with van der Waals surface area (Å²) in [6.07, 6.45) is 1.91. The zero-order valence-electron chi connectivity index (χ0n) is 14.9. The average molecular weight is 378 g/mol. The van der Waals surface area contributed by atoms with Gasteiger partial charge in [-0.1, -0.05) is 48.0 Å². The first-order chi connectivity index (χ1) is 13.3. The number of rotatable bonds is 3. The molecule has 0 spiro atoms. The van der Waals surface area contributed by atoms with Crippen molar-refractivity contribution < 1.29 is 0 Å². The number of nitrogens with one attached hydrogen (secondary N) is 1. The number of para-hydroxylation sites is 1. The number of aromatic amines is 1. The van der Waals surface area contributed by atoms with Gasteiger partial charge >= 0.3 is 0 Å². The van der Waals surface area contributed by atoms with E-state index < -0.39 is 0 Å². The number of pyridine rings is 1. The minimum Gasteiger partial charge on any atom is -0.354 e. The van der Waals surface area contributed by atoms with Crippen LogP contribution in [0.1, 0.15) is 5.69 Å². The van der Waals surface area contributed by atoms with Crippen LogP contribution >= 0.6 is 11.6 Å². The second kappa shape index (κ2) is 6.83. The number of hydrogen-bond donors (Lipinski definition) is 1. The van der Waals surface area contributed by atoms with Crippen molar-refractivity contribution in [1.29, 1.82) is 0 Å². The summed E-state index contributed by atoms with van der Waals surface area (Å²) < 4.78 is 0. The lowest BCUT2D eigenvalue weighted by molar-refractivity contribution is 0.247. The van der Waals surface area contributed by atoms with Gasteiger partial charge in [0.05, 0.1) is 16.2 Å². The van der Waals surface area contributed by atoms with Crippen LogP contribution < -0.4 is 4.90 Å². The normalized spacial score (nSPS) is 15.7. The second-order valence-corrected chi connectivity index (χ2v) is 7.36. The standard InChI is InChI=1S/C21H20ClN5/c22-18-7-3-6-17-19(24-25-20(17)18)14-26-10-12-27(13-11-26)21-16-5-2-1-4-15(16)8-9-23-21/h1-9H,10-14H2,(H,24,25). The smallest absolute Gasteiger partial charge is 0.136 e. The lowest BCUT2D eigenvalue weighted by atomic mass is 10.1. The minimum absolute atomic E-state index is 0.720. The Hall–Kier alpha value is -2.63. The molecule has 0 atom stereocenters. The molecule has 1 fully saturated rings. The van der Waals surface area contributed by atoms with Crippen molar-refractivity contribution in [2.45, 2.75) is 6.54 Å². The van der Waals surface area contributed by atoms with Crippen LogP contribution in [0.2, 0.25) is 5.02 Å². The van der Waals surface area contributed by atoms with Gasteiger partial charge in [-0.15, -0.1) is 0 Å². The third kappa shape index (κ3) is 3.03. The molecule has 0 aliphatic carbocycles. The first kappa shape index (κ1) is 16.5. The molecule has 0 radical (unpaired) electrons. The lowest BCUT2D eigenvalue weighted by Gasteiger charge is -2.35. The van der Waals surface area contributed by atoms with Crippen LogP contribution in [0.3, 0.4) is 0 Å². The molecule has 1 N–H and O–H groups in total. The van der Waals surface area contributed by atoms with Gasteiger partial charge in [0.25, 0.3) is 0 Å². The molecule has 5 rings (SSSR count). The average Bonchev–Trinajstić information content (AvgIpc) is 3.12. The molecule has 0 bridgehead atoms. The molecule has 136 valence electrons. The maximum absolute atomic E-state index is 6.25. The number of benzene rings is 2. The summed E-state index contributed by atoms with van der Waals surface area (Å²) in [5.74, 6) is 1.09. The lowest BCUT2D eigenvalue weighted by Crippen LogP contribution is -2.46. The molecule has 2 aromatic carbocycles. The molecular formula is C21H20ClN5. The number of H-pyrrole nitrogens is 1. The maximum Gasteiger partial charge on any atom is 0.136 e. The van der Waals surface area contributed by atoms with Gasteiger partial charge in [-0.25, -0.2) is 4.98 Å². The Morgan fingerprint density at radius 3 is 2.63 bits per heavy atom. The van der Waals surface area contributed by atoms with E-state index in [1.165, 1.54) is 10.8 Å². The molecular weight excluding hydrogens is 358 g/mol. The Kier molecular flexibility index (Phi) is 4.19. The summed E-state index contributed by atoms with van der Waals surface area (Å²) >= 11 is 6.25. The predicted molar refractivity (Wildman–Crippen MR) is 110 cm³/mol. The topological polar surface area (TPSA) is 48.1 Å². The summed E-state index contributed by atoms with van der Waals surface area (Å²) in [4.78, 5) is 9.49. The highest BCUT2D eigenvalue weighted by Crippen LogP contribution is 2.27. The van der Waals surface area contributed by atoms with Crippen LogP contribution in [-0.2, 0) is 6.54 Å². The molecule has 0 amide bonds. The number of nitrogens with zero attached hydrogens (tertiary/aromatic N) is 4. The van der Waals surface area contributed by atoms with Crippen molar-refractivity contribution in [2.24, 2.45) is 0 Å². The number of piperazine rings is 1. The maximum atomic E-state index is 6.25. The monoisotopic (exact) mass is 377 g/mol. The largest absolute Gasteiger partial charge is 0.354 e. The van der Waals surface area contributed by atoms with E-state index in [1.54, 1.807) is 0 Å². The molecule has 1 aliphatic heterocycles. The Morgan fingerprint density at radius 1 is 0.926 bits per heavy atom. The first-order valence-electron chi connectivity index (χ1n) is 9.22. The Bertz CT molecular complexity index is 1090. The Labute approximate surface area is 162 Å². The molecule has 3 heterocycles. The number of aromatic nitrogens is 3. The van der Waals surface area contributed by atoms with E-state index in [1.807, 2.05) is 18.3 Å². The predicted octanol–water partition coefficient (Wildman–Crippen LogP) is 4.09. The van der Waals surface area contributed by atoms with E-state index in [2.05, 4.69) is 61.4 Å². The highest BCUT2D eigenvalue weighted by atomic mass is 35.5. The van der Waals surface area contributed by atoms with Crippen molar-refractivity contribution in [3.8, 4) is 0 Å². The van der Waals surface area contributed by atoms with Gasteiger partial charge in [-0.2, -0.15) is 5.10 Å². The van der Waals surface area contributed by atoms with Crippen molar-refractivity contribution in [3.05, 3.63) is 65.4 Å². The molecule has 0 unspecified atom stereocenters. The van der Waals surface area contributed by atoms with Gasteiger partial charge in [0, 0.05) is 49.7 Å². The van der Waals surface area contributed by atoms with E-state index >= 15 is 0 Å². The van der Waals surface area contributed by atoms with Crippen molar-refractivity contribution in [1.82, 2.24) is 20.1 Å². The van der Waals surface area contributed by atoms with Crippen LogP contribution in [0.4, 0.5) is 5.82 Å². The number of anilines is 1. The first-order valence-corrected chi connectivity index (χ1v) is 9.60. The quantitative estimate of drug-likeness (QED) is 0.584. The van der Waals surface area contributed by atoms with Crippen LogP contribution in [0.25, 0.3) is 21.7 Å². The van der Waals surface area contributed by atoms with Gasteiger partial charge in [0.1, 0.15) is 5.82 Å². The molecule has 5 nitrogen and oxygen atoms in total. The third-order valence-electron chi connectivity index (χ3n) is 5.32. The summed E-state index contributed by atoms with van der Waals surface area (Å²) in [5.41, 5.74) is 1.98. The number of fused-ring (bicyclic) bond motifs is 2. The molecule has 4 aromatic rings. The van der Waals surface area contributed by atoms with Crippen LogP contribution in [0.5, 0.6) is 0 Å². The minimum atomic E-state index is 0.720. The zero-order valence-corrected chi connectivity index (χ0v) is 15.7. The van der Waals surface area contributed by atoms with Gasteiger partial charge in [-0.3, -0.25) is 10.00 Å². The third-order valence-corrected chi connectivity index (χ3v) is 5.64. The molecule has 0 saturated carbocycles.